The Kier molecular flexibility index (Phi) is 2.77. The Morgan fingerprint density at radius 1 is 1.47 bits per heavy atom. The summed E-state index contributed by atoms with van der Waals surface area (Å²) in [7, 11) is 0. The Hall–Kier alpha value is -2.01. The first-order valence-electron chi connectivity index (χ1n) is 4.90. The molecule has 0 saturated carbocycles. The number of carbonyl (C=O) groups excluding carboxylic acids is 1. The van der Waals surface area contributed by atoms with Crippen molar-refractivity contribution < 1.29 is 4.79 Å². The fraction of sp³-hybridized carbons (Fsp3) is 0.0909. The second kappa shape index (κ2) is 4.10. The van der Waals surface area contributed by atoms with E-state index in [1.165, 1.54) is 10.7 Å². The molecule has 17 heavy (non-hydrogen) atoms. The number of anilines is 1. The molecule has 88 valence electrons. The van der Waals surface area contributed by atoms with Crippen molar-refractivity contribution in [1.29, 1.82) is 0 Å². The summed E-state index contributed by atoms with van der Waals surface area (Å²) in [6, 6.07) is 4.87. The van der Waals surface area contributed by atoms with Crippen LogP contribution in [-0.2, 0) is 0 Å². The van der Waals surface area contributed by atoms with E-state index < -0.39 is 5.91 Å². The number of primary amides is 1. The van der Waals surface area contributed by atoms with E-state index in [1.807, 2.05) is 0 Å². The zero-order valence-corrected chi connectivity index (χ0v) is 9.90. The van der Waals surface area contributed by atoms with Gasteiger partial charge in [0.1, 0.15) is 0 Å². The van der Waals surface area contributed by atoms with Gasteiger partial charge in [-0.2, -0.15) is 5.10 Å². The van der Waals surface area contributed by atoms with Gasteiger partial charge in [-0.25, -0.2) is 4.68 Å². The Labute approximate surface area is 103 Å². The number of nitrogen functional groups attached to an aromatic ring is 1. The monoisotopic (exact) mass is 250 g/mol. The Morgan fingerprint density at radius 2 is 2.18 bits per heavy atom. The normalized spacial score (nSPS) is 10.5. The SMILES string of the molecule is Cc1nn(-c2ccc(N)cc2C(N)=O)cc1Cl. The van der Waals surface area contributed by atoms with Crippen LogP contribution in [-0.4, -0.2) is 15.7 Å². The molecule has 0 spiro atoms. The highest BCUT2D eigenvalue weighted by atomic mass is 35.5. The predicted octanol–water partition coefficient (Wildman–Crippen LogP) is 1.52. The number of amides is 1. The molecular weight excluding hydrogens is 240 g/mol. The lowest BCUT2D eigenvalue weighted by Gasteiger charge is -2.07. The van der Waals surface area contributed by atoms with E-state index in [1.54, 1.807) is 25.3 Å². The molecule has 0 fully saturated rings. The lowest BCUT2D eigenvalue weighted by Crippen LogP contribution is -2.15. The van der Waals surface area contributed by atoms with E-state index >= 15 is 0 Å². The minimum atomic E-state index is -0.559. The zero-order valence-electron chi connectivity index (χ0n) is 9.14. The molecule has 1 aromatic carbocycles. The maximum atomic E-state index is 11.3. The van der Waals surface area contributed by atoms with Crippen molar-refractivity contribution >= 4 is 23.2 Å². The van der Waals surface area contributed by atoms with Gasteiger partial charge in [-0.15, -0.1) is 0 Å². The maximum Gasteiger partial charge on any atom is 0.250 e. The van der Waals surface area contributed by atoms with Crippen LogP contribution in [0, 0.1) is 6.92 Å². The molecule has 1 heterocycles. The molecule has 0 bridgehead atoms. The van der Waals surface area contributed by atoms with Crippen LogP contribution in [0.1, 0.15) is 16.1 Å². The molecule has 0 aliphatic rings. The van der Waals surface area contributed by atoms with Gasteiger partial charge in [0.25, 0.3) is 5.91 Å². The van der Waals surface area contributed by atoms with Crippen LogP contribution >= 0.6 is 11.6 Å². The highest BCUT2D eigenvalue weighted by Gasteiger charge is 2.12. The number of carbonyl (C=O) groups is 1. The number of hydrogen-bond donors (Lipinski definition) is 2. The number of hydrogen-bond acceptors (Lipinski definition) is 3. The summed E-state index contributed by atoms with van der Waals surface area (Å²) in [5.41, 5.74) is 12.9. The number of halogens is 1. The van der Waals surface area contributed by atoms with Gasteiger partial charge in [0, 0.05) is 11.9 Å². The van der Waals surface area contributed by atoms with Gasteiger partial charge in [-0.3, -0.25) is 4.79 Å². The first-order valence-corrected chi connectivity index (χ1v) is 5.28. The van der Waals surface area contributed by atoms with Crippen LogP contribution in [0.5, 0.6) is 0 Å². The number of rotatable bonds is 2. The fourth-order valence-corrected chi connectivity index (χ4v) is 1.64. The summed E-state index contributed by atoms with van der Waals surface area (Å²) in [5, 5.41) is 4.71. The highest BCUT2D eigenvalue weighted by Crippen LogP contribution is 2.20. The van der Waals surface area contributed by atoms with E-state index in [4.69, 9.17) is 23.1 Å². The number of aromatic nitrogens is 2. The first kappa shape index (κ1) is 11.5. The van der Waals surface area contributed by atoms with Crippen LogP contribution in [0.2, 0.25) is 5.02 Å². The van der Waals surface area contributed by atoms with Gasteiger partial charge in [-0.1, -0.05) is 11.6 Å². The van der Waals surface area contributed by atoms with Crippen molar-refractivity contribution in [2.75, 3.05) is 5.73 Å². The molecule has 0 unspecified atom stereocenters. The molecule has 4 N–H and O–H groups in total. The van der Waals surface area contributed by atoms with Crippen LogP contribution < -0.4 is 11.5 Å². The van der Waals surface area contributed by atoms with Crippen molar-refractivity contribution in [3.63, 3.8) is 0 Å². The van der Waals surface area contributed by atoms with E-state index in [0.717, 1.165) is 0 Å². The molecule has 0 atom stereocenters. The van der Waals surface area contributed by atoms with Gasteiger partial charge in [0.15, 0.2) is 0 Å². The molecule has 5 nitrogen and oxygen atoms in total. The van der Waals surface area contributed by atoms with Crippen molar-refractivity contribution in [2.24, 2.45) is 5.73 Å². The zero-order chi connectivity index (χ0) is 12.6. The van der Waals surface area contributed by atoms with Crippen LogP contribution in [0.4, 0.5) is 5.69 Å². The van der Waals surface area contributed by atoms with Gasteiger partial charge >= 0.3 is 0 Å². The van der Waals surface area contributed by atoms with Crippen LogP contribution in [0.3, 0.4) is 0 Å². The molecule has 1 aromatic heterocycles. The molecule has 2 aromatic rings. The van der Waals surface area contributed by atoms with Crippen LogP contribution in [0.15, 0.2) is 24.4 Å². The average molecular weight is 251 g/mol. The van der Waals surface area contributed by atoms with E-state index in [-0.39, 0.29) is 0 Å². The first-order chi connectivity index (χ1) is 7.99. The summed E-state index contributed by atoms with van der Waals surface area (Å²) in [5.74, 6) is -0.559. The third-order valence-electron chi connectivity index (χ3n) is 2.37. The largest absolute Gasteiger partial charge is 0.399 e. The lowest BCUT2D eigenvalue weighted by atomic mass is 10.1. The Bertz CT molecular complexity index is 572. The van der Waals surface area contributed by atoms with Gasteiger partial charge < -0.3 is 11.5 Å². The maximum absolute atomic E-state index is 11.3. The Balaban J connectivity index is 2.62. The van der Waals surface area contributed by atoms with Gasteiger partial charge in [0.05, 0.1) is 22.0 Å². The minimum Gasteiger partial charge on any atom is -0.399 e. The van der Waals surface area contributed by atoms with Crippen LogP contribution in [0.25, 0.3) is 5.69 Å². The van der Waals surface area contributed by atoms with Crippen molar-refractivity contribution in [2.45, 2.75) is 6.92 Å². The van der Waals surface area contributed by atoms with E-state index in [2.05, 4.69) is 5.10 Å². The topological polar surface area (TPSA) is 86.9 Å². The highest BCUT2D eigenvalue weighted by molar-refractivity contribution is 6.31. The van der Waals surface area contributed by atoms with Crippen molar-refractivity contribution in [3.05, 3.63) is 40.7 Å². The number of aryl methyl sites for hydroxylation is 1. The molecule has 6 heteroatoms. The molecule has 0 saturated heterocycles. The second-order valence-electron chi connectivity index (χ2n) is 3.65. The van der Waals surface area contributed by atoms with E-state index in [9.17, 15) is 4.79 Å². The average Bonchev–Trinajstić information content (AvgIpc) is 2.59. The molecule has 0 aliphatic heterocycles. The lowest BCUT2D eigenvalue weighted by molar-refractivity contribution is 0.1000. The summed E-state index contributed by atoms with van der Waals surface area (Å²) in [6.45, 7) is 1.78. The third kappa shape index (κ3) is 2.09. The number of nitrogens with two attached hydrogens (primary N) is 2. The summed E-state index contributed by atoms with van der Waals surface area (Å²) < 4.78 is 1.51. The summed E-state index contributed by atoms with van der Waals surface area (Å²) >= 11 is 5.92. The van der Waals surface area contributed by atoms with Gasteiger partial charge in [0.2, 0.25) is 0 Å². The second-order valence-corrected chi connectivity index (χ2v) is 4.06. The van der Waals surface area contributed by atoms with Gasteiger partial charge in [-0.05, 0) is 25.1 Å². The third-order valence-corrected chi connectivity index (χ3v) is 2.74. The molecule has 0 radical (unpaired) electrons. The Morgan fingerprint density at radius 3 is 2.71 bits per heavy atom. The smallest absolute Gasteiger partial charge is 0.250 e. The molecular formula is C11H11ClN4O. The van der Waals surface area contributed by atoms with Crippen molar-refractivity contribution in [3.8, 4) is 5.69 Å². The minimum absolute atomic E-state index is 0.309. The standard InChI is InChI=1S/C11H11ClN4O/c1-6-9(12)5-16(15-6)10-3-2-7(13)4-8(10)11(14)17/h2-5H,13H2,1H3,(H2,14,17). The fourth-order valence-electron chi connectivity index (χ4n) is 1.51. The quantitative estimate of drug-likeness (QED) is 0.792. The number of benzene rings is 1. The predicted molar refractivity (Wildman–Crippen MR) is 66.2 cm³/mol. The number of nitrogens with zero attached hydrogens (tertiary/aromatic N) is 2. The summed E-state index contributed by atoms with van der Waals surface area (Å²) in [4.78, 5) is 11.3. The molecule has 2 rings (SSSR count). The van der Waals surface area contributed by atoms with Crippen molar-refractivity contribution in [1.82, 2.24) is 9.78 Å². The summed E-state index contributed by atoms with van der Waals surface area (Å²) in [6.07, 6.45) is 1.62. The van der Waals surface area contributed by atoms with E-state index in [0.29, 0.717) is 27.7 Å². The molecule has 0 aliphatic carbocycles. The molecule has 1 amide bonds.